The summed E-state index contributed by atoms with van der Waals surface area (Å²) in [6.45, 7) is 5.82. The van der Waals surface area contributed by atoms with E-state index in [-0.39, 0.29) is 11.8 Å². The van der Waals surface area contributed by atoms with Crippen LogP contribution in [0, 0.1) is 12.8 Å². The molecule has 0 radical (unpaired) electrons. The lowest BCUT2D eigenvalue weighted by Gasteiger charge is -2.15. The number of anilines is 1. The fourth-order valence-corrected chi connectivity index (χ4v) is 1.56. The first kappa shape index (κ1) is 14.4. The van der Waals surface area contributed by atoms with Gasteiger partial charge >= 0.3 is 0 Å². The quantitative estimate of drug-likeness (QED) is 0.875. The van der Waals surface area contributed by atoms with Crippen LogP contribution in [0.2, 0.25) is 0 Å². The molecule has 1 rings (SSSR count). The van der Waals surface area contributed by atoms with E-state index in [4.69, 9.17) is 9.47 Å². The maximum Gasteiger partial charge on any atom is 0.227 e. The van der Waals surface area contributed by atoms with Crippen molar-refractivity contribution in [1.82, 2.24) is 0 Å². The van der Waals surface area contributed by atoms with Crippen LogP contribution in [0.1, 0.15) is 25.8 Å². The summed E-state index contributed by atoms with van der Waals surface area (Å²) >= 11 is 0. The molecule has 1 amide bonds. The Morgan fingerprint density at radius 3 is 2.33 bits per heavy atom. The van der Waals surface area contributed by atoms with Gasteiger partial charge in [0.2, 0.25) is 5.91 Å². The van der Waals surface area contributed by atoms with Crippen LogP contribution in [0.3, 0.4) is 0 Å². The Hall–Kier alpha value is -1.71. The minimum absolute atomic E-state index is 0.00232. The third-order valence-electron chi connectivity index (χ3n) is 3.05. The summed E-state index contributed by atoms with van der Waals surface area (Å²) in [4.78, 5) is 11.9. The Bertz CT molecular complexity index is 429. The maximum atomic E-state index is 11.9. The standard InChI is InChI=1S/C14H21NO3/c1-6-9(2)14(16)15-11-8-13(18-5)12(17-4)7-10(11)3/h7-9H,6H2,1-5H3,(H,15,16). The van der Waals surface area contributed by atoms with Gasteiger partial charge < -0.3 is 14.8 Å². The minimum Gasteiger partial charge on any atom is -0.493 e. The van der Waals surface area contributed by atoms with E-state index < -0.39 is 0 Å². The van der Waals surface area contributed by atoms with E-state index in [1.807, 2.05) is 26.8 Å². The van der Waals surface area contributed by atoms with E-state index in [2.05, 4.69) is 5.32 Å². The van der Waals surface area contributed by atoms with Crippen molar-refractivity contribution in [3.63, 3.8) is 0 Å². The number of carbonyl (C=O) groups excluding carboxylic acids is 1. The van der Waals surface area contributed by atoms with Gasteiger partial charge in [0, 0.05) is 17.7 Å². The molecule has 1 N–H and O–H groups in total. The van der Waals surface area contributed by atoms with Gasteiger partial charge in [-0.15, -0.1) is 0 Å². The van der Waals surface area contributed by atoms with E-state index >= 15 is 0 Å². The zero-order chi connectivity index (χ0) is 13.7. The van der Waals surface area contributed by atoms with Crippen molar-refractivity contribution >= 4 is 11.6 Å². The molecule has 0 saturated heterocycles. The second-order valence-electron chi connectivity index (χ2n) is 4.32. The van der Waals surface area contributed by atoms with Crippen molar-refractivity contribution in [2.75, 3.05) is 19.5 Å². The molecule has 0 aliphatic carbocycles. The number of hydrogen-bond acceptors (Lipinski definition) is 3. The number of ether oxygens (including phenoxy) is 2. The van der Waals surface area contributed by atoms with Gasteiger partial charge in [-0.1, -0.05) is 13.8 Å². The highest BCUT2D eigenvalue weighted by Crippen LogP contribution is 2.33. The van der Waals surface area contributed by atoms with Crippen LogP contribution in [0.15, 0.2) is 12.1 Å². The summed E-state index contributed by atoms with van der Waals surface area (Å²) in [6.07, 6.45) is 0.818. The number of benzene rings is 1. The van der Waals surface area contributed by atoms with E-state index in [1.165, 1.54) is 0 Å². The zero-order valence-corrected chi connectivity index (χ0v) is 11.7. The predicted molar refractivity (Wildman–Crippen MR) is 72.4 cm³/mol. The highest BCUT2D eigenvalue weighted by atomic mass is 16.5. The Balaban J connectivity index is 2.99. The molecule has 100 valence electrons. The van der Waals surface area contributed by atoms with Crippen molar-refractivity contribution < 1.29 is 14.3 Å². The molecule has 18 heavy (non-hydrogen) atoms. The topological polar surface area (TPSA) is 47.6 Å². The maximum absolute atomic E-state index is 11.9. The molecule has 0 aliphatic heterocycles. The van der Waals surface area contributed by atoms with Crippen molar-refractivity contribution in [3.05, 3.63) is 17.7 Å². The third kappa shape index (κ3) is 3.15. The lowest BCUT2D eigenvalue weighted by molar-refractivity contribution is -0.119. The van der Waals surface area contributed by atoms with E-state index in [0.717, 1.165) is 17.7 Å². The smallest absolute Gasteiger partial charge is 0.227 e. The number of methoxy groups -OCH3 is 2. The number of nitrogens with one attached hydrogen (secondary N) is 1. The van der Waals surface area contributed by atoms with E-state index in [9.17, 15) is 4.79 Å². The zero-order valence-electron chi connectivity index (χ0n) is 11.7. The molecule has 0 aromatic heterocycles. The Morgan fingerprint density at radius 1 is 1.28 bits per heavy atom. The van der Waals surface area contributed by atoms with Crippen LogP contribution >= 0.6 is 0 Å². The summed E-state index contributed by atoms with van der Waals surface area (Å²) in [5.41, 5.74) is 1.71. The highest BCUT2D eigenvalue weighted by Gasteiger charge is 2.14. The lowest BCUT2D eigenvalue weighted by atomic mass is 10.1. The first-order chi connectivity index (χ1) is 8.53. The molecular weight excluding hydrogens is 230 g/mol. The van der Waals surface area contributed by atoms with E-state index in [0.29, 0.717) is 11.5 Å². The van der Waals surface area contributed by atoms with Gasteiger partial charge in [-0.3, -0.25) is 4.79 Å². The SMILES string of the molecule is CCC(C)C(=O)Nc1cc(OC)c(OC)cc1C. The van der Waals surface area contributed by atoms with Gasteiger partial charge in [0.05, 0.1) is 14.2 Å². The summed E-state index contributed by atoms with van der Waals surface area (Å²) in [7, 11) is 3.17. The predicted octanol–water partition coefficient (Wildman–Crippen LogP) is 3.00. The summed E-state index contributed by atoms with van der Waals surface area (Å²) < 4.78 is 10.4. The summed E-state index contributed by atoms with van der Waals surface area (Å²) in [5, 5.41) is 2.91. The molecule has 0 aliphatic rings. The van der Waals surface area contributed by atoms with Crippen LogP contribution in [0.4, 0.5) is 5.69 Å². The van der Waals surface area contributed by atoms with Gasteiger partial charge in [-0.2, -0.15) is 0 Å². The van der Waals surface area contributed by atoms with Gasteiger partial charge in [0.15, 0.2) is 11.5 Å². The van der Waals surface area contributed by atoms with Gasteiger partial charge in [0.25, 0.3) is 0 Å². The highest BCUT2D eigenvalue weighted by molar-refractivity contribution is 5.93. The fraction of sp³-hybridized carbons (Fsp3) is 0.500. The lowest BCUT2D eigenvalue weighted by Crippen LogP contribution is -2.20. The van der Waals surface area contributed by atoms with Gasteiger partial charge in [0.1, 0.15) is 0 Å². The summed E-state index contributed by atoms with van der Waals surface area (Å²) in [5.74, 6) is 1.30. The normalized spacial score (nSPS) is 11.8. The molecule has 1 unspecified atom stereocenters. The fourth-order valence-electron chi connectivity index (χ4n) is 1.56. The number of aryl methyl sites for hydroxylation is 1. The largest absolute Gasteiger partial charge is 0.493 e. The number of amides is 1. The number of hydrogen-bond donors (Lipinski definition) is 1. The molecule has 0 bridgehead atoms. The average molecular weight is 251 g/mol. The average Bonchev–Trinajstić information content (AvgIpc) is 2.39. The van der Waals surface area contributed by atoms with Crippen LogP contribution in [0.25, 0.3) is 0 Å². The third-order valence-corrected chi connectivity index (χ3v) is 3.05. The Morgan fingerprint density at radius 2 is 1.83 bits per heavy atom. The monoisotopic (exact) mass is 251 g/mol. The first-order valence-electron chi connectivity index (χ1n) is 6.06. The molecule has 1 aromatic carbocycles. The molecular formula is C14H21NO3. The number of carbonyl (C=O) groups is 1. The van der Waals surface area contributed by atoms with Crippen molar-refractivity contribution in [3.8, 4) is 11.5 Å². The molecule has 4 heteroatoms. The second-order valence-corrected chi connectivity index (χ2v) is 4.32. The van der Waals surface area contributed by atoms with Crippen LogP contribution in [-0.4, -0.2) is 20.1 Å². The van der Waals surface area contributed by atoms with Gasteiger partial charge in [-0.25, -0.2) is 0 Å². The van der Waals surface area contributed by atoms with Crippen molar-refractivity contribution in [1.29, 1.82) is 0 Å². The molecule has 0 saturated carbocycles. The molecule has 0 spiro atoms. The Labute approximate surface area is 108 Å². The van der Waals surface area contributed by atoms with E-state index in [1.54, 1.807) is 20.3 Å². The molecule has 4 nitrogen and oxygen atoms in total. The summed E-state index contributed by atoms with van der Waals surface area (Å²) in [6, 6.07) is 3.64. The first-order valence-corrected chi connectivity index (χ1v) is 6.06. The minimum atomic E-state index is -0.00232. The molecule has 0 heterocycles. The van der Waals surface area contributed by atoms with Gasteiger partial charge in [-0.05, 0) is 25.0 Å². The van der Waals surface area contributed by atoms with Crippen LogP contribution in [-0.2, 0) is 4.79 Å². The van der Waals surface area contributed by atoms with Crippen LogP contribution in [0.5, 0.6) is 11.5 Å². The number of rotatable bonds is 5. The second kappa shape index (κ2) is 6.28. The van der Waals surface area contributed by atoms with Crippen molar-refractivity contribution in [2.45, 2.75) is 27.2 Å². The molecule has 1 aromatic rings. The van der Waals surface area contributed by atoms with Crippen molar-refractivity contribution in [2.24, 2.45) is 5.92 Å². The Kier molecular flexibility index (Phi) is 5.01. The molecule has 1 atom stereocenters. The van der Waals surface area contributed by atoms with Crippen LogP contribution < -0.4 is 14.8 Å². The molecule has 0 fully saturated rings.